The van der Waals surface area contributed by atoms with E-state index in [1.165, 1.54) is 12.8 Å². The summed E-state index contributed by atoms with van der Waals surface area (Å²) in [4.78, 5) is 14.6. The summed E-state index contributed by atoms with van der Waals surface area (Å²) in [7, 11) is 0. The Morgan fingerprint density at radius 2 is 2.00 bits per heavy atom. The predicted molar refractivity (Wildman–Crippen MR) is 96.6 cm³/mol. The Labute approximate surface area is 151 Å². The first-order valence-corrected chi connectivity index (χ1v) is 8.66. The maximum absolute atomic E-state index is 12.3. The third-order valence-electron chi connectivity index (χ3n) is 4.42. The Morgan fingerprint density at radius 1 is 1.12 bits per heavy atom. The predicted octanol–water partition coefficient (Wildman–Crippen LogP) is 2.66. The maximum Gasteiger partial charge on any atom is 0.251 e. The van der Waals surface area contributed by atoms with Gasteiger partial charge in [0, 0.05) is 30.3 Å². The highest BCUT2D eigenvalue weighted by atomic mass is 16.5. The van der Waals surface area contributed by atoms with Crippen LogP contribution in [0.3, 0.4) is 0 Å². The average molecular weight is 349 g/mol. The number of carbonyl (C=O) groups is 1. The van der Waals surface area contributed by atoms with E-state index in [9.17, 15) is 4.79 Å². The molecule has 7 nitrogen and oxygen atoms in total. The molecule has 0 atom stereocenters. The molecular formula is C19H19N5O2. The van der Waals surface area contributed by atoms with Crippen molar-refractivity contribution in [2.24, 2.45) is 0 Å². The zero-order chi connectivity index (χ0) is 17.8. The van der Waals surface area contributed by atoms with Crippen molar-refractivity contribution in [1.29, 1.82) is 0 Å². The zero-order valence-electron chi connectivity index (χ0n) is 14.3. The number of aromatic nitrogens is 3. The molecule has 1 saturated heterocycles. The molecule has 1 fully saturated rings. The number of benzene rings is 1. The van der Waals surface area contributed by atoms with Crippen LogP contribution in [0.2, 0.25) is 0 Å². The van der Waals surface area contributed by atoms with Gasteiger partial charge < -0.3 is 14.7 Å². The molecule has 0 radical (unpaired) electrons. The molecule has 3 heterocycles. The lowest BCUT2D eigenvalue weighted by molar-refractivity contribution is 0.0947. The topological polar surface area (TPSA) is 84.2 Å². The van der Waals surface area contributed by atoms with Gasteiger partial charge in [0.1, 0.15) is 0 Å². The number of anilines is 1. The molecule has 1 aliphatic rings. The monoisotopic (exact) mass is 349 g/mol. The molecule has 0 spiro atoms. The van der Waals surface area contributed by atoms with Crippen molar-refractivity contribution >= 4 is 11.7 Å². The van der Waals surface area contributed by atoms with Crippen molar-refractivity contribution in [2.75, 3.05) is 18.0 Å². The molecule has 1 N–H and O–H groups in total. The normalized spacial score (nSPS) is 13.8. The van der Waals surface area contributed by atoms with E-state index >= 15 is 0 Å². The van der Waals surface area contributed by atoms with E-state index in [-0.39, 0.29) is 5.91 Å². The molecule has 26 heavy (non-hydrogen) atoms. The molecule has 0 unspecified atom stereocenters. The molecule has 4 rings (SSSR count). The van der Waals surface area contributed by atoms with E-state index in [4.69, 9.17) is 4.52 Å². The summed E-state index contributed by atoms with van der Waals surface area (Å²) in [6, 6.07) is 13.0. The van der Waals surface area contributed by atoms with Crippen molar-refractivity contribution < 1.29 is 9.32 Å². The van der Waals surface area contributed by atoms with Crippen LogP contribution in [0, 0.1) is 0 Å². The fraction of sp³-hybridized carbons (Fsp3) is 0.263. The highest BCUT2D eigenvalue weighted by Gasteiger charge is 2.14. The first-order valence-electron chi connectivity index (χ1n) is 8.66. The molecule has 0 saturated carbocycles. The number of carbonyl (C=O) groups excluding carboxylic acids is 1. The molecular weight excluding hydrogens is 330 g/mol. The maximum atomic E-state index is 12.3. The van der Waals surface area contributed by atoms with Crippen LogP contribution in [0.5, 0.6) is 0 Å². The molecule has 7 heteroatoms. The second-order valence-corrected chi connectivity index (χ2v) is 6.21. The van der Waals surface area contributed by atoms with E-state index in [0.717, 1.165) is 30.2 Å². The van der Waals surface area contributed by atoms with Gasteiger partial charge in [0.05, 0.1) is 18.4 Å². The minimum atomic E-state index is -0.176. The van der Waals surface area contributed by atoms with Gasteiger partial charge in [0.25, 0.3) is 5.91 Å². The van der Waals surface area contributed by atoms with Crippen molar-refractivity contribution in [3.8, 4) is 11.3 Å². The Morgan fingerprint density at radius 3 is 2.73 bits per heavy atom. The lowest BCUT2D eigenvalue weighted by Crippen LogP contribution is -2.22. The Balaban J connectivity index is 1.47. The Hall–Kier alpha value is -3.22. The lowest BCUT2D eigenvalue weighted by Gasteiger charge is -2.15. The van der Waals surface area contributed by atoms with Crippen LogP contribution in [-0.2, 0) is 6.54 Å². The Kier molecular flexibility index (Phi) is 4.59. The molecule has 1 amide bonds. The van der Waals surface area contributed by atoms with Gasteiger partial charge >= 0.3 is 0 Å². The highest BCUT2D eigenvalue weighted by molar-refractivity contribution is 5.95. The van der Waals surface area contributed by atoms with E-state index in [0.29, 0.717) is 17.9 Å². The fourth-order valence-corrected chi connectivity index (χ4v) is 3.02. The van der Waals surface area contributed by atoms with Gasteiger partial charge in [-0.1, -0.05) is 17.3 Å². The second-order valence-electron chi connectivity index (χ2n) is 6.21. The van der Waals surface area contributed by atoms with Crippen molar-refractivity contribution in [1.82, 2.24) is 20.7 Å². The number of nitrogens with zero attached hydrogens (tertiary/aromatic N) is 4. The third kappa shape index (κ3) is 3.56. The van der Waals surface area contributed by atoms with Crippen LogP contribution in [0.4, 0.5) is 5.82 Å². The number of hydrogen-bond donors (Lipinski definition) is 1. The minimum Gasteiger partial charge on any atom is -0.360 e. The molecule has 132 valence electrons. The second kappa shape index (κ2) is 7.35. The number of amides is 1. The van der Waals surface area contributed by atoms with Crippen molar-refractivity contribution in [3.63, 3.8) is 0 Å². The van der Waals surface area contributed by atoms with Crippen LogP contribution in [0.1, 0.15) is 29.0 Å². The molecule has 1 aromatic carbocycles. The summed E-state index contributed by atoms with van der Waals surface area (Å²) < 4.78 is 4.98. The number of hydrogen-bond acceptors (Lipinski definition) is 6. The van der Waals surface area contributed by atoms with E-state index in [2.05, 4.69) is 25.6 Å². The zero-order valence-corrected chi connectivity index (χ0v) is 14.3. The molecule has 0 bridgehead atoms. The molecule has 0 aliphatic carbocycles. The lowest BCUT2D eigenvalue weighted by atomic mass is 10.1. The summed E-state index contributed by atoms with van der Waals surface area (Å²) in [5, 5.41) is 15.1. The fourth-order valence-electron chi connectivity index (χ4n) is 3.02. The van der Waals surface area contributed by atoms with Crippen LogP contribution in [0.25, 0.3) is 11.3 Å². The van der Waals surface area contributed by atoms with Gasteiger partial charge in [0.15, 0.2) is 11.6 Å². The number of rotatable bonds is 5. The largest absolute Gasteiger partial charge is 0.360 e. The van der Waals surface area contributed by atoms with Gasteiger partial charge in [-0.15, -0.1) is 10.2 Å². The van der Waals surface area contributed by atoms with Crippen LogP contribution in [0.15, 0.2) is 53.2 Å². The summed E-state index contributed by atoms with van der Waals surface area (Å²) in [6.07, 6.45) is 3.95. The van der Waals surface area contributed by atoms with E-state index in [1.807, 2.05) is 30.3 Å². The number of nitrogens with one attached hydrogen (secondary N) is 1. The van der Waals surface area contributed by atoms with Crippen LogP contribution in [-0.4, -0.2) is 34.4 Å². The van der Waals surface area contributed by atoms with Crippen LogP contribution < -0.4 is 10.2 Å². The summed E-state index contributed by atoms with van der Waals surface area (Å²) in [5.41, 5.74) is 2.17. The molecule has 2 aromatic heterocycles. The van der Waals surface area contributed by atoms with Crippen molar-refractivity contribution in [3.05, 3.63) is 60.0 Å². The summed E-state index contributed by atoms with van der Waals surface area (Å²) in [5.74, 6) is 1.34. The van der Waals surface area contributed by atoms with Crippen molar-refractivity contribution in [2.45, 2.75) is 19.4 Å². The van der Waals surface area contributed by atoms with Gasteiger partial charge in [-0.2, -0.15) is 0 Å². The van der Waals surface area contributed by atoms with E-state index < -0.39 is 0 Å². The standard InChI is InChI=1S/C19H19N5O2/c25-19(20-13-16-8-9-21-26-16)15-5-3-4-14(12-15)17-6-7-18(23-22-17)24-10-1-2-11-24/h3-9,12H,1-2,10-11,13H2,(H,20,25). The SMILES string of the molecule is O=C(NCc1ccno1)c1cccc(-c2ccc(N3CCCC3)nn2)c1. The average Bonchev–Trinajstić information content (AvgIpc) is 3.40. The Bertz CT molecular complexity index is 871. The first-order chi connectivity index (χ1) is 12.8. The quantitative estimate of drug-likeness (QED) is 0.762. The van der Waals surface area contributed by atoms with Gasteiger partial charge in [0.2, 0.25) is 0 Å². The summed E-state index contributed by atoms with van der Waals surface area (Å²) in [6.45, 7) is 2.37. The minimum absolute atomic E-state index is 0.176. The van der Waals surface area contributed by atoms with Gasteiger partial charge in [-0.05, 0) is 37.1 Å². The molecule has 1 aliphatic heterocycles. The van der Waals surface area contributed by atoms with Gasteiger partial charge in [-0.3, -0.25) is 4.79 Å². The van der Waals surface area contributed by atoms with Gasteiger partial charge in [-0.25, -0.2) is 0 Å². The highest BCUT2D eigenvalue weighted by Crippen LogP contribution is 2.21. The van der Waals surface area contributed by atoms with Crippen LogP contribution >= 0.6 is 0 Å². The van der Waals surface area contributed by atoms with E-state index in [1.54, 1.807) is 18.3 Å². The smallest absolute Gasteiger partial charge is 0.251 e. The third-order valence-corrected chi connectivity index (χ3v) is 4.42. The first kappa shape index (κ1) is 16.3. The summed E-state index contributed by atoms with van der Waals surface area (Å²) >= 11 is 0. The molecule has 3 aromatic rings.